The van der Waals surface area contributed by atoms with Gasteiger partial charge >= 0.3 is 0 Å². The molecule has 1 amide bonds. The third-order valence-electron chi connectivity index (χ3n) is 5.19. The second kappa shape index (κ2) is 10.3. The smallest absolute Gasteiger partial charge is 0.267 e. The van der Waals surface area contributed by atoms with E-state index < -0.39 is 0 Å². The largest absolute Gasteiger partial charge is 0.397 e. The maximum Gasteiger partial charge on any atom is 0.267 e. The molecule has 0 unspecified atom stereocenters. The Morgan fingerprint density at radius 1 is 1.27 bits per heavy atom. The molecular formula is C21H25ClN8O2S. The maximum absolute atomic E-state index is 12.6. The van der Waals surface area contributed by atoms with Gasteiger partial charge in [0.05, 0.1) is 29.2 Å². The highest BCUT2D eigenvalue weighted by atomic mass is 35.5. The monoisotopic (exact) mass is 488 g/mol. The lowest BCUT2D eigenvalue weighted by molar-refractivity contribution is 0.103. The Morgan fingerprint density at radius 3 is 2.79 bits per heavy atom. The Morgan fingerprint density at radius 2 is 2.06 bits per heavy atom. The maximum atomic E-state index is 12.6. The Bertz CT molecular complexity index is 1110. The molecule has 0 spiro atoms. The van der Waals surface area contributed by atoms with E-state index in [4.69, 9.17) is 22.4 Å². The van der Waals surface area contributed by atoms with Crippen molar-refractivity contribution in [2.45, 2.75) is 6.92 Å². The third kappa shape index (κ3) is 5.69. The van der Waals surface area contributed by atoms with Crippen LogP contribution in [0.4, 0.5) is 28.1 Å². The molecule has 0 aliphatic carbocycles. The predicted octanol–water partition coefficient (Wildman–Crippen LogP) is 2.59. The lowest BCUT2D eigenvalue weighted by Crippen LogP contribution is -2.47. The molecule has 0 atom stereocenters. The first-order chi connectivity index (χ1) is 15.9. The number of aliphatic hydroxyl groups is 1. The molecule has 1 aliphatic rings. The van der Waals surface area contributed by atoms with Crippen molar-refractivity contribution in [3.05, 3.63) is 46.2 Å². The van der Waals surface area contributed by atoms with E-state index in [2.05, 4.69) is 35.4 Å². The first kappa shape index (κ1) is 23.2. The normalized spacial score (nSPS) is 14.3. The van der Waals surface area contributed by atoms with Crippen molar-refractivity contribution in [3.63, 3.8) is 0 Å². The number of hydrogen-bond donors (Lipinski definition) is 4. The number of halogens is 1. The van der Waals surface area contributed by atoms with Crippen LogP contribution in [-0.4, -0.2) is 70.2 Å². The zero-order valence-electron chi connectivity index (χ0n) is 18.1. The van der Waals surface area contributed by atoms with Crippen LogP contribution in [0.2, 0.25) is 5.02 Å². The number of aryl methyl sites for hydroxylation is 1. The van der Waals surface area contributed by atoms with Gasteiger partial charge in [0, 0.05) is 38.8 Å². The van der Waals surface area contributed by atoms with Gasteiger partial charge in [0.25, 0.3) is 5.91 Å². The molecule has 3 heterocycles. The fourth-order valence-electron chi connectivity index (χ4n) is 3.51. The number of hydrogen-bond acceptors (Lipinski definition) is 10. The van der Waals surface area contributed by atoms with E-state index in [-0.39, 0.29) is 12.5 Å². The molecule has 0 bridgehead atoms. The summed E-state index contributed by atoms with van der Waals surface area (Å²) in [7, 11) is 0. The summed E-state index contributed by atoms with van der Waals surface area (Å²) in [6.07, 6.45) is 1.49. The average Bonchev–Trinajstić information content (AvgIpc) is 3.25. The van der Waals surface area contributed by atoms with E-state index in [0.29, 0.717) is 44.6 Å². The van der Waals surface area contributed by atoms with Crippen LogP contribution in [0.3, 0.4) is 0 Å². The lowest BCUT2D eigenvalue weighted by atomic mass is 10.2. The van der Waals surface area contributed by atoms with Gasteiger partial charge in [-0.25, -0.2) is 15.0 Å². The zero-order valence-corrected chi connectivity index (χ0v) is 19.7. The van der Waals surface area contributed by atoms with Crippen molar-refractivity contribution >= 4 is 57.0 Å². The van der Waals surface area contributed by atoms with Gasteiger partial charge in [0.1, 0.15) is 22.3 Å². The SMILES string of the molecule is Cc1nc(Nc2ncc(C(=O)Nc3c(N)cccc3Cl)s2)cc(N2CCN(CCO)CC2)n1. The first-order valence-electron chi connectivity index (χ1n) is 10.4. The minimum Gasteiger partial charge on any atom is -0.397 e. The highest BCUT2D eigenvalue weighted by Gasteiger charge is 2.19. The molecule has 1 aliphatic heterocycles. The number of carbonyl (C=O) groups excluding carboxylic acids is 1. The van der Waals surface area contributed by atoms with Gasteiger partial charge in [-0.3, -0.25) is 9.69 Å². The van der Waals surface area contributed by atoms with Crippen LogP contribution in [0.1, 0.15) is 15.5 Å². The first-order valence-corrected chi connectivity index (χ1v) is 11.6. The number of nitrogens with one attached hydrogen (secondary N) is 2. The number of anilines is 5. The summed E-state index contributed by atoms with van der Waals surface area (Å²) in [4.78, 5) is 30.8. The summed E-state index contributed by atoms with van der Waals surface area (Å²) in [5, 5.41) is 15.9. The predicted molar refractivity (Wildman–Crippen MR) is 132 cm³/mol. The molecule has 33 heavy (non-hydrogen) atoms. The van der Waals surface area contributed by atoms with Crippen molar-refractivity contribution in [1.82, 2.24) is 19.9 Å². The zero-order chi connectivity index (χ0) is 23.4. The number of piperazine rings is 1. The Kier molecular flexibility index (Phi) is 7.23. The van der Waals surface area contributed by atoms with Gasteiger partial charge in [-0.05, 0) is 19.1 Å². The molecule has 12 heteroatoms. The fraction of sp³-hybridized carbons (Fsp3) is 0.333. The molecule has 0 radical (unpaired) electrons. The number of nitrogens with two attached hydrogens (primary N) is 1. The van der Waals surface area contributed by atoms with Crippen molar-refractivity contribution in [2.75, 3.05) is 60.6 Å². The number of para-hydroxylation sites is 1. The van der Waals surface area contributed by atoms with E-state index in [1.54, 1.807) is 18.2 Å². The Labute approximate surface area is 200 Å². The Hall–Kier alpha value is -2.99. The summed E-state index contributed by atoms with van der Waals surface area (Å²) in [6.45, 7) is 6.07. The summed E-state index contributed by atoms with van der Waals surface area (Å²) in [5.41, 5.74) is 6.68. The molecule has 0 saturated carbocycles. The Balaban J connectivity index is 1.43. The van der Waals surface area contributed by atoms with Crippen LogP contribution >= 0.6 is 22.9 Å². The number of carbonyl (C=O) groups is 1. The molecule has 1 saturated heterocycles. The van der Waals surface area contributed by atoms with Gasteiger partial charge < -0.3 is 26.4 Å². The van der Waals surface area contributed by atoms with Crippen molar-refractivity contribution < 1.29 is 9.90 Å². The van der Waals surface area contributed by atoms with Crippen molar-refractivity contribution in [1.29, 1.82) is 0 Å². The van der Waals surface area contributed by atoms with Crippen LogP contribution in [0.25, 0.3) is 0 Å². The number of nitrogen functional groups attached to an aromatic ring is 1. The molecule has 10 nitrogen and oxygen atoms in total. The van der Waals surface area contributed by atoms with Crippen molar-refractivity contribution in [3.8, 4) is 0 Å². The molecule has 174 valence electrons. The number of aliphatic hydroxyl groups excluding tert-OH is 1. The number of thiazole rings is 1. The molecular weight excluding hydrogens is 464 g/mol. The van der Waals surface area contributed by atoms with Gasteiger partial charge in [0.15, 0.2) is 5.13 Å². The number of aromatic nitrogens is 3. The summed E-state index contributed by atoms with van der Waals surface area (Å²) in [5.74, 6) is 1.72. The van der Waals surface area contributed by atoms with E-state index >= 15 is 0 Å². The quantitative estimate of drug-likeness (QED) is 0.370. The second-order valence-electron chi connectivity index (χ2n) is 7.52. The minimum atomic E-state index is -0.347. The van der Waals surface area contributed by atoms with Crippen LogP contribution < -0.4 is 21.3 Å². The molecule has 5 N–H and O–H groups in total. The number of nitrogens with zero attached hydrogens (tertiary/aromatic N) is 5. The number of amides is 1. The van der Waals surface area contributed by atoms with Crippen LogP contribution in [-0.2, 0) is 0 Å². The van der Waals surface area contributed by atoms with Gasteiger partial charge in [-0.1, -0.05) is 29.0 Å². The molecule has 4 rings (SSSR count). The average molecular weight is 489 g/mol. The number of rotatable bonds is 7. The fourth-order valence-corrected chi connectivity index (χ4v) is 4.46. The second-order valence-corrected chi connectivity index (χ2v) is 8.96. The van der Waals surface area contributed by atoms with Gasteiger partial charge in [-0.15, -0.1) is 0 Å². The number of benzene rings is 1. The third-order valence-corrected chi connectivity index (χ3v) is 6.41. The summed E-state index contributed by atoms with van der Waals surface area (Å²) < 4.78 is 0. The summed E-state index contributed by atoms with van der Waals surface area (Å²) in [6, 6.07) is 6.92. The molecule has 1 fully saturated rings. The van der Waals surface area contributed by atoms with E-state index in [9.17, 15) is 4.79 Å². The van der Waals surface area contributed by atoms with Gasteiger partial charge in [-0.2, -0.15) is 0 Å². The van der Waals surface area contributed by atoms with Gasteiger partial charge in [0.2, 0.25) is 0 Å². The van der Waals surface area contributed by atoms with Crippen LogP contribution in [0, 0.1) is 6.92 Å². The standard InChI is InChI=1S/C21H25ClN8O2S/c1-13-25-17(11-18(26-13)30-7-5-29(6-8-30)9-10-31)27-21-24-12-16(33-21)20(32)28-19-14(22)3-2-4-15(19)23/h2-4,11-12,31H,5-10,23H2,1H3,(H,28,32)(H,24,25,26,27). The highest BCUT2D eigenvalue weighted by molar-refractivity contribution is 7.17. The molecule has 1 aromatic carbocycles. The highest BCUT2D eigenvalue weighted by Crippen LogP contribution is 2.30. The van der Waals surface area contributed by atoms with Crippen molar-refractivity contribution in [2.24, 2.45) is 0 Å². The lowest BCUT2D eigenvalue weighted by Gasteiger charge is -2.35. The minimum absolute atomic E-state index is 0.167. The molecule has 2 aromatic heterocycles. The van der Waals surface area contributed by atoms with E-state index in [0.717, 1.165) is 32.0 Å². The topological polar surface area (TPSA) is 133 Å². The van der Waals surface area contributed by atoms with Crippen LogP contribution in [0.15, 0.2) is 30.5 Å². The number of β-amino-alcohol motifs (C(OH)–C–C–N with tert-alkyl or cyclic N) is 1. The van der Waals surface area contributed by atoms with Crippen LogP contribution in [0.5, 0.6) is 0 Å². The van der Waals surface area contributed by atoms with E-state index in [1.165, 1.54) is 17.5 Å². The summed E-state index contributed by atoms with van der Waals surface area (Å²) >= 11 is 7.34. The van der Waals surface area contributed by atoms with E-state index in [1.807, 2.05) is 13.0 Å². The molecule has 3 aromatic rings.